The van der Waals surface area contributed by atoms with Crippen LogP contribution in [0, 0.1) is 13.8 Å². The van der Waals surface area contributed by atoms with Crippen LogP contribution in [0.2, 0.25) is 0 Å². The lowest BCUT2D eigenvalue weighted by Crippen LogP contribution is -2.34. The fourth-order valence-electron chi connectivity index (χ4n) is 3.06. The van der Waals surface area contributed by atoms with Crippen LogP contribution in [0.25, 0.3) is 11.8 Å². The highest BCUT2D eigenvalue weighted by Gasteiger charge is 2.36. The zero-order valence-corrected chi connectivity index (χ0v) is 18.1. The van der Waals surface area contributed by atoms with Gasteiger partial charge in [-0.3, -0.25) is 19.3 Å². The summed E-state index contributed by atoms with van der Waals surface area (Å²) < 4.78 is 7.88. The number of aryl methyl sites for hydroxylation is 1. The van der Waals surface area contributed by atoms with E-state index in [0.717, 1.165) is 43.8 Å². The van der Waals surface area contributed by atoms with E-state index in [0.29, 0.717) is 4.91 Å². The van der Waals surface area contributed by atoms with Crippen molar-refractivity contribution in [2.75, 3.05) is 13.2 Å². The molecule has 146 valence electrons. The van der Waals surface area contributed by atoms with Crippen LogP contribution in [0.4, 0.5) is 4.79 Å². The van der Waals surface area contributed by atoms with Gasteiger partial charge in [-0.25, -0.2) is 0 Å². The van der Waals surface area contributed by atoms with Crippen molar-refractivity contribution in [1.82, 2.24) is 9.47 Å². The molecule has 0 spiro atoms. The molecule has 0 unspecified atom stereocenters. The van der Waals surface area contributed by atoms with Gasteiger partial charge in [-0.15, -0.1) is 0 Å². The number of halogens is 1. The largest absolute Gasteiger partial charge is 0.465 e. The lowest BCUT2D eigenvalue weighted by Gasteiger charge is -2.11. The quantitative estimate of drug-likeness (QED) is 0.484. The summed E-state index contributed by atoms with van der Waals surface area (Å²) in [5.41, 5.74) is 3.80. The average molecular weight is 463 g/mol. The molecule has 2 amide bonds. The van der Waals surface area contributed by atoms with E-state index in [2.05, 4.69) is 20.5 Å². The third kappa shape index (κ3) is 4.07. The van der Waals surface area contributed by atoms with Crippen molar-refractivity contribution in [2.45, 2.75) is 20.8 Å². The van der Waals surface area contributed by atoms with Crippen LogP contribution in [0.15, 0.2) is 39.7 Å². The number of hydrogen-bond acceptors (Lipinski definition) is 5. The number of carbonyl (C=O) groups is 3. The molecule has 1 saturated heterocycles. The van der Waals surface area contributed by atoms with Gasteiger partial charge in [-0.05, 0) is 68.4 Å². The van der Waals surface area contributed by atoms with Crippen molar-refractivity contribution in [3.8, 4) is 5.69 Å². The second-order valence-electron chi connectivity index (χ2n) is 6.21. The zero-order chi connectivity index (χ0) is 20.4. The number of nitrogens with zero attached hydrogens (tertiary/aromatic N) is 2. The van der Waals surface area contributed by atoms with Crippen molar-refractivity contribution in [2.24, 2.45) is 0 Å². The number of hydrogen-bond donors (Lipinski definition) is 0. The Morgan fingerprint density at radius 2 is 2.00 bits per heavy atom. The highest BCUT2D eigenvalue weighted by molar-refractivity contribution is 9.10. The number of thioether (sulfide) groups is 1. The van der Waals surface area contributed by atoms with Crippen LogP contribution >= 0.6 is 27.7 Å². The smallest absolute Gasteiger partial charge is 0.326 e. The van der Waals surface area contributed by atoms with Crippen molar-refractivity contribution < 1.29 is 19.1 Å². The summed E-state index contributed by atoms with van der Waals surface area (Å²) in [4.78, 5) is 37.6. The molecule has 28 heavy (non-hydrogen) atoms. The third-order valence-corrected chi connectivity index (χ3v) is 5.69. The summed E-state index contributed by atoms with van der Waals surface area (Å²) in [6.07, 6.45) is 1.70. The van der Waals surface area contributed by atoms with Gasteiger partial charge in [-0.2, -0.15) is 0 Å². The van der Waals surface area contributed by atoms with Crippen LogP contribution in [-0.4, -0.2) is 39.7 Å². The van der Waals surface area contributed by atoms with Gasteiger partial charge in [0.2, 0.25) is 0 Å². The Balaban J connectivity index is 1.90. The van der Waals surface area contributed by atoms with Crippen LogP contribution < -0.4 is 0 Å². The van der Waals surface area contributed by atoms with Gasteiger partial charge in [0.15, 0.2) is 0 Å². The SMILES string of the molecule is CCOC(=O)CN1C(=O)S/C(=C/c2cc(C)n(-c3cccc(Br)c3)c2C)C1=O. The van der Waals surface area contributed by atoms with E-state index in [1.807, 2.05) is 44.2 Å². The lowest BCUT2D eigenvalue weighted by atomic mass is 10.2. The molecule has 0 saturated carbocycles. The maximum Gasteiger partial charge on any atom is 0.326 e. The number of aromatic nitrogens is 1. The van der Waals surface area contributed by atoms with E-state index in [4.69, 9.17) is 4.74 Å². The predicted octanol–water partition coefficient (Wildman–Crippen LogP) is 4.46. The van der Waals surface area contributed by atoms with Crippen molar-refractivity contribution in [1.29, 1.82) is 0 Å². The molecule has 8 heteroatoms. The standard InChI is InChI=1S/C20H19BrN2O4S/c1-4-27-18(24)11-22-19(25)17(28-20(22)26)9-14-8-12(2)23(13(14)3)16-7-5-6-15(21)10-16/h5-10H,4,11H2,1-3H3/b17-9+. The van der Waals surface area contributed by atoms with E-state index in [1.54, 1.807) is 13.0 Å². The number of imide groups is 1. The molecular weight excluding hydrogens is 444 g/mol. The van der Waals surface area contributed by atoms with E-state index in [9.17, 15) is 14.4 Å². The van der Waals surface area contributed by atoms with E-state index >= 15 is 0 Å². The Bertz CT molecular complexity index is 996. The first kappa shape index (κ1) is 20.4. The highest BCUT2D eigenvalue weighted by Crippen LogP contribution is 2.33. The monoisotopic (exact) mass is 462 g/mol. The summed E-state index contributed by atoms with van der Waals surface area (Å²) >= 11 is 4.32. The first-order valence-electron chi connectivity index (χ1n) is 8.67. The molecule has 3 rings (SSSR count). The normalized spacial score (nSPS) is 15.6. The van der Waals surface area contributed by atoms with E-state index < -0.39 is 17.1 Å². The summed E-state index contributed by atoms with van der Waals surface area (Å²) in [5, 5.41) is -0.467. The molecule has 1 aromatic heterocycles. The predicted molar refractivity (Wildman–Crippen MR) is 112 cm³/mol. The first-order chi connectivity index (χ1) is 13.3. The molecule has 0 atom stereocenters. The second kappa shape index (κ2) is 8.36. The Hall–Kier alpha value is -2.32. The number of ether oxygens (including phenoxy) is 1. The molecule has 0 bridgehead atoms. The molecule has 1 aliphatic rings. The molecule has 2 heterocycles. The van der Waals surface area contributed by atoms with E-state index in [1.165, 1.54) is 0 Å². The van der Waals surface area contributed by atoms with Crippen LogP contribution in [0.1, 0.15) is 23.9 Å². The molecule has 0 N–H and O–H groups in total. The van der Waals surface area contributed by atoms with Gasteiger partial charge >= 0.3 is 5.97 Å². The average Bonchev–Trinajstić information content (AvgIpc) is 3.05. The van der Waals surface area contributed by atoms with Gasteiger partial charge in [0, 0.05) is 21.5 Å². The number of amides is 2. The fraction of sp³-hybridized carbons (Fsp3) is 0.250. The second-order valence-corrected chi connectivity index (χ2v) is 8.12. The fourth-order valence-corrected chi connectivity index (χ4v) is 4.28. The Labute approximate surface area is 175 Å². The summed E-state index contributed by atoms with van der Waals surface area (Å²) in [5.74, 6) is -1.07. The number of rotatable bonds is 5. The van der Waals surface area contributed by atoms with Crippen molar-refractivity contribution in [3.05, 3.63) is 56.7 Å². The van der Waals surface area contributed by atoms with Crippen molar-refractivity contribution >= 4 is 50.9 Å². The summed E-state index contributed by atoms with van der Waals surface area (Å²) in [6, 6.07) is 9.89. The van der Waals surface area contributed by atoms with Crippen LogP contribution in [-0.2, 0) is 14.3 Å². The van der Waals surface area contributed by atoms with Gasteiger partial charge in [-0.1, -0.05) is 22.0 Å². The molecule has 0 aliphatic carbocycles. The number of carbonyl (C=O) groups excluding carboxylic acids is 3. The van der Waals surface area contributed by atoms with Gasteiger partial charge in [0.1, 0.15) is 6.54 Å². The minimum Gasteiger partial charge on any atom is -0.465 e. The van der Waals surface area contributed by atoms with Gasteiger partial charge in [0.25, 0.3) is 11.1 Å². The topological polar surface area (TPSA) is 68.6 Å². The summed E-state index contributed by atoms with van der Waals surface area (Å²) in [7, 11) is 0. The maximum atomic E-state index is 12.6. The number of benzene rings is 1. The molecule has 2 aromatic rings. The minimum atomic E-state index is -0.598. The molecular formula is C20H19BrN2O4S. The van der Waals surface area contributed by atoms with Crippen LogP contribution in [0.5, 0.6) is 0 Å². The zero-order valence-electron chi connectivity index (χ0n) is 15.7. The molecule has 1 fully saturated rings. The van der Waals surface area contributed by atoms with Gasteiger partial charge in [0.05, 0.1) is 11.5 Å². The first-order valence-corrected chi connectivity index (χ1v) is 10.3. The van der Waals surface area contributed by atoms with Crippen molar-refractivity contribution in [3.63, 3.8) is 0 Å². The third-order valence-electron chi connectivity index (χ3n) is 4.29. The minimum absolute atomic E-state index is 0.201. The lowest BCUT2D eigenvalue weighted by molar-refractivity contribution is -0.145. The maximum absolute atomic E-state index is 12.6. The number of esters is 1. The highest BCUT2D eigenvalue weighted by atomic mass is 79.9. The van der Waals surface area contributed by atoms with Gasteiger partial charge < -0.3 is 9.30 Å². The Morgan fingerprint density at radius 1 is 1.25 bits per heavy atom. The molecule has 0 radical (unpaired) electrons. The Kier molecular flexibility index (Phi) is 6.10. The summed E-state index contributed by atoms with van der Waals surface area (Å²) in [6.45, 7) is 5.45. The molecule has 1 aliphatic heterocycles. The van der Waals surface area contributed by atoms with Crippen LogP contribution in [0.3, 0.4) is 0 Å². The Morgan fingerprint density at radius 3 is 2.68 bits per heavy atom. The van der Waals surface area contributed by atoms with E-state index in [-0.39, 0.29) is 13.2 Å². The molecule has 6 nitrogen and oxygen atoms in total. The molecule has 1 aromatic carbocycles.